The highest BCUT2D eigenvalue weighted by molar-refractivity contribution is 6.54. The lowest BCUT2D eigenvalue weighted by Crippen LogP contribution is -2.30. The van der Waals surface area contributed by atoms with Gasteiger partial charge < -0.3 is 14.6 Å². The molecule has 0 bridgehead atoms. The topological polar surface area (TPSA) is 45.1 Å². The van der Waals surface area contributed by atoms with Crippen molar-refractivity contribution in [2.45, 2.75) is 26.8 Å². The first-order valence-corrected chi connectivity index (χ1v) is 7.36. The summed E-state index contributed by atoms with van der Waals surface area (Å²) in [7, 11) is 3.93. The fourth-order valence-corrected chi connectivity index (χ4v) is 3.24. The van der Waals surface area contributed by atoms with E-state index < -0.39 is 0 Å². The molecule has 1 aromatic carbocycles. The standard InChI is InChI=1S/C16H21N3O2/c1-5-21-17-14-12-8-10(2)11-6-7-18(3)9-13(11)15(12)19(4)16(14)20/h8H,5-7,9H2,1-4H3/b17-14+. The van der Waals surface area contributed by atoms with Gasteiger partial charge in [-0.3, -0.25) is 4.79 Å². The molecule has 3 rings (SSSR count). The lowest BCUT2D eigenvalue weighted by molar-refractivity contribution is -0.112. The second-order valence-electron chi connectivity index (χ2n) is 5.76. The fraction of sp³-hybridized carbons (Fsp3) is 0.500. The molecule has 0 spiro atoms. The van der Waals surface area contributed by atoms with Crippen LogP contribution in [0.3, 0.4) is 0 Å². The third kappa shape index (κ3) is 2.12. The van der Waals surface area contributed by atoms with E-state index in [4.69, 9.17) is 4.84 Å². The molecule has 0 aliphatic carbocycles. The number of amides is 1. The molecule has 0 aromatic heterocycles. The molecule has 21 heavy (non-hydrogen) atoms. The van der Waals surface area contributed by atoms with Crippen LogP contribution < -0.4 is 4.90 Å². The summed E-state index contributed by atoms with van der Waals surface area (Å²) in [4.78, 5) is 21.6. The maximum atomic E-state index is 12.4. The van der Waals surface area contributed by atoms with Gasteiger partial charge in [0.15, 0.2) is 5.71 Å². The molecule has 2 heterocycles. The van der Waals surface area contributed by atoms with E-state index in [1.165, 1.54) is 16.7 Å². The number of hydrogen-bond acceptors (Lipinski definition) is 4. The molecular formula is C16H21N3O2. The average Bonchev–Trinajstić information content (AvgIpc) is 2.69. The summed E-state index contributed by atoms with van der Waals surface area (Å²) in [5.41, 5.74) is 6.21. The van der Waals surface area contributed by atoms with Crippen LogP contribution >= 0.6 is 0 Å². The highest BCUT2D eigenvalue weighted by atomic mass is 16.6. The number of aryl methyl sites for hydroxylation is 1. The molecule has 0 fully saturated rings. The number of rotatable bonds is 2. The zero-order valence-corrected chi connectivity index (χ0v) is 13.1. The maximum Gasteiger partial charge on any atom is 0.280 e. The molecule has 2 aliphatic heterocycles. The number of fused-ring (bicyclic) bond motifs is 3. The van der Waals surface area contributed by atoms with Gasteiger partial charge in [0.1, 0.15) is 6.61 Å². The van der Waals surface area contributed by atoms with E-state index in [1.54, 1.807) is 4.90 Å². The predicted octanol–water partition coefficient (Wildman–Crippen LogP) is 1.70. The molecule has 5 nitrogen and oxygen atoms in total. The van der Waals surface area contributed by atoms with Gasteiger partial charge in [-0.15, -0.1) is 0 Å². The van der Waals surface area contributed by atoms with Crippen molar-refractivity contribution >= 4 is 17.3 Å². The Bertz CT molecular complexity index is 637. The molecular weight excluding hydrogens is 266 g/mol. The van der Waals surface area contributed by atoms with Crippen LogP contribution in [-0.2, 0) is 22.6 Å². The summed E-state index contributed by atoms with van der Waals surface area (Å²) in [6, 6.07) is 2.08. The molecule has 2 aliphatic rings. The maximum absolute atomic E-state index is 12.4. The SMILES string of the molecule is CCO/N=C1/C(=O)N(C)c2c1cc(C)c1c2CN(C)CC1. The van der Waals surface area contributed by atoms with Crippen LogP contribution in [0.1, 0.15) is 29.2 Å². The molecule has 112 valence electrons. The Kier molecular flexibility index (Phi) is 3.45. The molecule has 0 atom stereocenters. The number of hydrogen-bond donors (Lipinski definition) is 0. The van der Waals surface area contributed by atoms with Gasteiger partial charge in [-0.25, -0.2) is 0 Å². The Morgan fingerprint density at radius 3 is 2.81 bits per heavy atom. The van der Waals surface area contributed by atoms with Crippen LogP contribution in [0.4, 0.5) is 5.69 Å². The zero-order chi connectivity index (χ0) is 15.1. The molecule has 0 saturated heterocycles. The quantitative estimate of drug-likeness (QED) is 0.778. The number of nitrogens with zero attached hydrogens (tertiary/aromatic N) is 3. The van der Waals surface area contributed by atoms with E-state index in [2.05, 4.69) is 30.1 Å². The lowest BCUT2D eigenvalue weighted by atomic mass is 9.91. The normalized spacial score (nSPS) is 19.9. The van der Waals surface area contributed by atoms with E-state index in [0.29, 0.717) is 12.3 Å². The van der Waals surface area contributed by atoms with Gasteiger partial charge >= 0.3 is 0 Å². The first kappa shape index (κ1) is 14.1. The largest absolute Gasteiger partial charge is 0.395 e. The van der Waals surface area contributed by atoms with Gasteiger partial charge in [-0.05, 0) is 50.1 Å². The minimum absolute atomic E-state index is 0.0838. The van der Waals surface area contributed by atoms with E-state index in [0.717, 1.165) is 30.8 Å². The van der Waals surface area contributed by atoms with Crippen molar-refractivity contribution in [2.24, 2.45) is 5.16 Å². The van der Waals surface area contributed by atoms with Crippen molar-refractivity contribution in [3.8, 4) is 0 Å². The number of likely N-dealkylation sites (N-methyl/N-ethyl adjacent to an activating group) is 2. The van der Waals surface area contributed by atoms with Crippen LogP contribution in [-0.4, -0.2) is 43.8 Å². The summed E-state index contributed by atoms with van der Waals surface area (Å²) in [6.45, 7) is 6.37. The molecule has 0 unspecified atom stereocenters. The molecule has 0 radical (unpaired) electrons. The third-order valence-corrected chi connectivity index (χ3v) is 4.30. The second-order valence-corrected chi connectivity index (χ2v) is 5.76. The number of carbonyl (C=O) groups is 1. The summed E-state index contributed by atoms with van der Waals surface area (Å²) >= 11 is 0. The first-order valence-electron chi connectivity index (χ1n) is 7.36. The van der Waals surface area contributed by atoms with Gasteiger partial charge in [0.2, 0.25) is 0 Å². The van der Waals surface area contributed by atoms with Crippen molar-refractivity contribution < 1.29 is 9.63 Å². The van der Waals surface area contributed by atoms with E-state index in [-0.39, 0.29) is 5.91 Å². The Hall–Kier alpha value is -1.88. The van der Waals surface area contributed by atoms with Crippen LogP contribution in [0.2, 0.25) is 0 Å². The Morgan fingerprint density at radius 1 is 1.33 bits per heavy atom. The third-order valence-electron chi connectivity index (χ3n) is 4.30. The van der Waals surface area contributed by atoms with E-state index in [1.807, 2.05) is 14.0 Å². The fourth-order valence-electron chi connectivity index (χ4n) is 3.24. The summed E-state index contributed by atoms with van der Waals surface area (Å²) < 4.78 is 0. The van der Waals surface area contributed by atoms with Gasteiger partial charge in [-0.1, -0.05) is 5.16 Å². The van der Waals surface area contributed by atoms with Crippen LogP contribution in [0.25, 0.3) is 0 Å². The second kappa shape index (κ2) is 5.15. The monoisotopic (exact) mass is 287 g/mol. The van der Waals surface area contributed by atoms with Crippen molar-refractivity contribution in [1.29, 1.82) is 0 Å². The summed E-state index contributed by atoms with van der Waals surface area (Å²) in [5, 5.41) is 4.04. The van der Waals surface area contributed by atoms with Crippen LogP contribution in [0.5, 0.6) is 0 Å². The Morgan fingerprint density at radius 2 is 2.10 bits per heavy atom. The van der Waals surface area contributed by atoms with Crippen LogP contribution in [0.15, 0.2) is 11.2 Å². The molecule has 0 N–H and O–H groups in total. The van der Waals surface area contributed by atoms with E-state index in [9.17, 15) is 4.79 Å². The minimum Gasteiger partial charge on any atom is -0.395 e. The number of oxime groups is 1. The number of benzene rings is 1. The van der Waals surface area contributed by atoms with E-state index >= 15 is 0 Å². The molecule has 1 aromatic rings. The Labute approximate surface area is 125 Å². The summed E-state index contributed by atoms with van der Waals surface area (Å²) in [5.74, 6) is -0.0838. The predicted molar refractivity (Wildman–Crippen MR) is 82.8 cm³/mol. The summed E-state index contributed by atoms with van der Waals surface area (Å²) in [6.07, 6.45) is 1.03. The smallest absolute Gasteiger partial charge is 0.280 e. The van der Waals surface area contributed by atoms with Crippen LogP contribution in [0, 0.1) is 6.92 Å². The molecule has 1 amide bonds. The van der Waals surface area contributed by atoms with Crippen molar-refractivity contribution in [3.63, 3.8) is 0 Å². The molecule has 5 heteroatoms. The van der Waals surface area contributed by atoms with Crippen molar-refractivity contribution in [1.82, 2.24) is 4.90 Å². The highest BCUT2D eigenvalue weighted by Gasteiger charge is 2.36. The van der Waals surface area contributed by atoms with Crippen molar-refractivity contribution in [3.05, 3.63) is 28.3 Å². The highest BCUT2D eigenvalue weighted by Crippen LogP contribution is 2.38. The number of carbonyl (C=O) groups excluding carboxylic acids is 1. The molecule has 0 saturated carbocycles. The van der Waals surface area contributed by atoms with Gasteiger partial charge in [0, 0.05) is 25.7 Å². The van der Waals surface area contributed by atoms with Gasteiger partial charge in [0.05, 0.1) is 5.69 Å². The lowest BCUT2D eigenvalue weighted by Gasteiger charge is -2.29. The average molecular weight is 287 g/mol. The first-order chi connectivity index (χ1) is 10.0. The zero-order valence-electron chi connectivity index (χ0n) is 13.1. The number of anilines is 1. The minimum atomic E-state index is -0.0838. The van der Waals surface area contributed by atoms with Gasteiger partial charge in [-0.2, -0.15) is 0 Å². The van der Waals surface area contributed by atoms with Crippen molar-refractivity contribution in [2.75, 3.05) is 32.1 Å². The Balaban J connectivity index is 2.20. The van der Waals surface area contributed by atoms with Gasteiger partial charge in [0.25, 0.3) is 5.91 Å².